The first-order chi connectivity index (χ1) is 8.00. The third-order valence-corrected chi connectivity index (χ3v) is 2.90. The van der Waals surface area contributed by atoms with E-state index in [4.69, 9.17) is 17.3 Å². The SMILES string of the molecule is Cc1ccc(F)c(-c2ccc(N)c(Cl)c2)c1F. The van der Waals surface area contributed by atoms with Crippen molar-refractivity contribution in [3.05, 3.63) is 52.6 Å². The first-order valence-corrected chi connectivity index (χ1v) is 5.38. The number of aryl methyl sites for hydroxylation is 1. The van der Waals surface area contributed by atoms with Crippen molar-refractivity contribution in [2.45, 2.75) is 6.92 Å². The predicted octanol–water partition coefficient (Wildman–Crippen LogP) is 4.18. The number of nitrogen functional groups attached to an aromatic ring is 1. The summed E-state index contributed by atoms with van der Waals surface area (Å²) in [6.07, 6.45) is 0. The van der Waals surface area contributed by atoms with Crippen LogP contribution in [0.3, 0.4) is 0 Å². The first kappa shape index (κ1) is 11.9. The van der Waals surface area contributed by atoms with E-state index in [1.54, 1.807) is 13.0 Å². The maximum atomic E-state index is 13.9. The Morgan fingerprint density at radius 3 is 2.47 bits per heavy atom. The number of hydrogen-bond acceptors (Lipinski definition) is 1. The molecule has 0 aliphatic carbocycles. The summed E-state index contributed by atoms with van der Waals surface area (Å²) >= 11 is 5.84. The molecule has 4 heteroatoms. The highest BCUT2D eigenvalue weighted by atomic mass is 35.5. The summed E-state index contributed by atoms with van der Waals surface area (Å²) in [4.78, 5) is 0. The minimum Gasteiger partial charge on any atom is -0.398 e. The summed E-state index contributed by atoms with van der Waals surface area (Å²) in [5.74, 6) is -1.19. The molecule has 0 bridgehead atoms. The van der Waals surface area contributed by atoms with E-state index in [0.29, 0.717) is 16.8 Å². The van der Waals surface area contributed by atoms with Gasteiger partial charge in [-0.1, -0.05) is 23.7 Å². The molecule has 0 aliphatic heterocycles. The molecule has 2 aromatic rings. The Kier molecular flexibility index (Phi) is 3.03. The van der Waals surface area contributed by atoms with Crippen molar-refractivity contribution in [3.63, 3.8) is 0 Å². The van der Waals surface area contributed by atoms with Gasteiger partial charge in [-0.3, -0.25) is 0 Å². The van der Waals surface area contributed by atoms with Gasteiger partial charge in [0.25, 0.3) is 0 Å². The van der Waals surface area contributed by atoms with Gasteiger partial charge in [0.15, 0.2) is 0 Å². The van der Waals surface area contributed by atoms with Crippen molar-refractivity contribution in [3.8, 4) is 11.1 Å². The smallest absolute Gasteiger partial charge is 0.136 e. The van der Waals surface area contributed by atoms with E-state index >= 15 is 0 Å². The third-order valence-electron chi connectivity index (χ3n) is 2.57. The summed E-state index contributed by atoms with van der Waals surface area (Å²) in [6.45, 7) is 1.58. The van der Waals surface area contributed by atoms with Gasteiger partial charge >= 0.3 is 0 Å². The highest BCUT2D eigenvalue weighted by molar-refractivity contribution is 6.33. The molecule has 17 heavy (non-hydrogen) atoms. The van der Waals surface area contributed by atoms with Crippen molar-refractivity contribution in [2.75, 3.05) is 5.73 Å². The molecular formula is C13H10ClF2N. The zero-order chi connectivity index (χ0) is 12.6. The maximum absolute atomic E-state index is 13.9. The lowest BCUT2D eigenvalue weighted by molar-refractivity contribution is 0.584. The van der Waals surface area contributed by atoms with Crippen LogP contribution in [0, 0.1) is 18.6 Å². The van der Waals surface area contributed by atoms with E-state index < -0.39 is 11.6 Å². The number of halogens is 3. The van der Waals surface area contributed by atoms with Crippen LogP contribution in [0.2, 0.25) is 5.02 Å². The fourth-order valence-corrected chi connectivity index (χ4v) is 1.78. The lowest BCUT2D eigenvalue weighted by Gasteiger charge is -2.08. The second-order valence-electron chi connectivity index (χ2n) is 3.79. The van der Waals surface area contributed by atoms with E-state index in [1.165, 1.54) is 24.3 Å². The standard InChI is InChI=1S/C13H10ClF2N/c1-7-2-4-10(15)12(13(7)16)8-3-5-11(17)9(14)6-8/h2-6H,17H2,1H3. The molecule has 0 spiro atoms. The molecule has 0 aromatic heterocycles. The van der Waals surface area contributed by atoms with Gasteiger partial charge in [-0.05, 0) is 36.2 Å². The monoisotopic (exact) mass is 253 g/mol. The number of hydrogen-bond donors (Lipinski definition) is 1. The van der Waals surface area contributed by atoms with Crippen molar-refractivity contribution in [2.24, 2.45) is 0 Å². The minimum atomic E-state index is -0.617. The molecule has 0 radical (unpaired) electrons. The second kappa shape index (κ2) is 4.34. The van der Waals surface area contributed by atoms with Crippen LogP contribution in [0.1, 0.15) is 5.56 Å². The van der Waals surface area contributed by atoms with Gasteiger partial charge in [-0.15, -0.1) is 0 Å². The Labute approximate surface area is 103 Å². The molecule has 2 N–H and O–H groups in total. The van der Waals surface area contributed by atoms with Gasteiger partial charge in [0.2, 0.25) is 0 Å². The Morgan fingerprint density at radius 2 is 1.82 bits per heavy atom. The Hall–Kier alpha value is -1.61. The summed E-state index contributed by atoms with van der Waals surface area (Å²) in [5, 5.41) is 0.280. The molecule has 0 aliphatic rings. The number of rotatable bonds is 1. The van der Waals surface area contributed by atoms with E-state index in [0.717, 1.165) is 0 Å². The molecule has 0 amide bonds. The quantitative estimate of drug-likeness (QED) is 0.758. The average molecular weight is 254 g/mol. The Bertz CT molecular complexity index is 582. The van der Waals surface area contributed by atoms with Gasteiger partial charge < -0.3 is 5.73 Å². The summed E-state index contributed by atoms with van der Waals surface area (Å²) in [5.41, 5.74) is 6.62. The van der Waals surface area contributed by atoms with Crippen LogP contribution in [0.5, 0.6) is 0 Å². The molecule has 0 saturated heterocycles. The lowest BCUT2D eigenvalue weighted by atomic mass is 10.0. The van der Waals surface area contributed by atoms with Crippen LogP contribution >= 0.6 is 11.6 Å². The van der Waals surface area contributed by atoms with E-state index in [1.807, 2.05) is 0 Å². The normalized spacial score (nSPS) is 10.6. The van der Waals surface area contributed by atoms with Gasteiger partial charge in [-0.2, -0.15) is 0 Å². The van der Waals surface area contributed by atoms with Crippen LogP contribution in [-0.4, -0.2) is 0 Å². The zero-order valence-corrected chi connectivity index (χ0v) is 9.85. The number of benzene rings is 2. The second-order valence-corrected chi connectivity index (χ2v) is 4.20. The molecular weight excluding hydrogens is 244 g/mol. The molecule has 1 nitrogen and oxygen atoms in total. The highest BCUT2D eigenvalue weighted by Crippen LogP contribution is 2.31. The molecule has 0 heterocycles. The van der Waals surface area contributed by atoms with Crippen LogP contribution in [0.25, 0.3) is 11.1 Å². The van der Waals surface area contributed by atoms with E-state index in [2.05, 4.69) is 0 Å². The van der Waals surface area contributed by atoms with Gasteiger partial charge in [0, 0.05) is 0 Å². The molecule has 0 fully saturated rings. The zero-order valence-electron chi connectivity index (χ0n) is 9.10. The first-order valence-electron chi connectivity index (χ1n) is 5.00. The van der Waals surface area contributed by atoms with Gasteiger partial charge in [0.05, 0.1) is 16.3 Å². The molecule has 2 aromatic carbocycles. The van der Waals surface area contributed by atoms with Crippen LogP contribution in [0.15, 0.2) is 30.3 Å². The number of nitrogens with two attached hydrogens (primary N) is 1. The fraction of sp³-hybridized carbons (Fsp3) is 0.0769. The predicted molar refractivity (Wildman–Crippen MR) is 66.0 cm³/mol. The summed E-state index contributed by atoms with van der Waals surface area (Å²) in [7, 11) is 0. The van der Waals surface area contributed by atoms with E-state index in [-0.39, 0.29) is 10.6 Å². The summed E-state index contributed by atoms with van der Waals surface area (Å²) < 4.78 is 27.5. The van der Waals surface area contributed by atoms with Gasteiger partial charge in [-0.25, -0.2) is 8.78 Å². The van der Waals surface area contributed by atoms with Crippen LogP contribution in [-0.2, 0) is 0 Å². The van der Waals surface area contributed by atoms with E-state index in [9.17, 15) is 8.78 Å². The minimum absolute atomic E-state index is 0.0769. The van der Waals surface area contributed by atoms with Crippen LogP contribution in [0.4, 0.5) is 14.5 Å². The van der Waals surface area contributed by atoms with Crippen molar-refractivity contribution >= 4 is 17.3 Å². The molecule has 2 rings (SSSR count). The number of anilines is 1. The average Bonchev–Trinajstić information content (AvgIpc) is 2.29. The third kappa shape index (κ3) is 2.11. The largest absolute Gasteiger partial charge is 0.398 e. The van der Waals surface area contributed by atoms with Crippen molar-refractivity contribution < 1.29 is 8.78 Å². The molecule has 0 saturated carbocycles. The Balaban J connectivity index is 2.68. The van der Waals surface area contributed by atoms with Crippen molar-refractivity contribution in [1.82, 2.24) is 0 Å². The van der Waals surface area contributed by atoms with Gasteiger partial charge in [0.1, 0.15) is 11.6 Å². The molecule has 88 valence electrons. The maximum Gasteiger partial charge on any atom is 0.136 e. The molecule has 0 unspecified atom stereocenters. The summed E-state index contributed by atoms with van der Waals surface area (Å²) in [6, 6.07) is 7.16. The highest BCUT2D eigenvalue weighted by Gasteiger charge is 2.14. The Morgan fingerprint density at radius 1 is 1.12 bits per heavy atom. The molecule has 0 atom stereocenters. The van der Waals surface area contributed by atoms with Crippen molar-refractivity contribution in [1.29, 1.82) is 0 Å². The fourth-order valence-electron chi connectivity index (χ4n) is 1.60. The lowest BCUT2D eigenvalue weighted by Crippen LogP contribution is -1.94. The van der Waals surface area contributed by atoms with Crippen LogP contribution < -0.4 is 5.73 Å². The topological polar surface area (TPSA) is 26.0 Å².